The first-order valence-electron chi connectivity index (χ1n) is 9.73. The van der Waals surface area contributed by atoms with Crippen molar-refractivity contribution in [1.82, 2.24) is 0 Å². The van der Waals surface area contributed by atoms with Crippen molar-refractivity contribution >= 4 is 5.97 Å². The second-order valence-corrected chi connectivity index (χ2v) is 8.74. The van der Waals surface area contributed by atoms with E-state index in [0.717, 1.165) is 0 Å². The van der Waals surface area contributed by atoms with Crippen LogP contribution in [-0.2, 0) is 9.53 Å². The molecule has 0 aromatic heterocycles. The summed E-state index contributed by atoms with van der Waals surface area (Å²) < 4.78 is 86.0. The third-order valence-corrected chi connectivity index (χ3v) is 6.72. The Balaban J connectivity index is 2.32. The molecule has 2 aliphatic rings. The number of aliphatic hydroxyl groups is 1. The fourth-order valence-electron chi connectivity index (χ4n) is 4.63. The lowest BCUT2D eigenvalue weighted by atomic mass is 9.59. The van der Waals surface area contributed by atoms with E-state index < -0.39 is 53.2 Å². The smallest absolute Gasteiger partial charge is 0.426 e. The average molecular weight is 418 g/mol. The van der Waals surface area contributed by atoms with Gasteiger partial charge in [0, 0.05) is 5.92 Å². The zero-order chi connectivity index (χ0) is 21.5. The van der Waals surface area contributed by atoms with Gasteiger partial charge in [0.25, 0.3) is 5.60 Å². The molecule has 2 rings (SSSR count). The molecule has 9 heteroatoms. The zero-order valence-corrected chi connectivity index (χ0v) is 16.3. The Kier molecular flexibility index (Phi) is 6.39. The van der Waals surface area contributed by atoms with Crippen LogP contribution in [0, 0.1) is 23.2 Å². The Morgan fingerprint density at radius 3 is 1.93 bits per heavy atom. The molecule has 4 atom stereocenters. The van der Waals surface area contributed by atoms with Crippen molar-refractivity contribution in [3.63, 3.8) is 0 Å². The quantitative estimate of drug-likeness (QED) is 0.491. The molecule has 0 spiro atoms. The standard InChI is InChI=1S/C19H28F6O3/c1-4-16(2,3)15(26)28-14-10-6-7-11-12(14)8-5-9-13(11)17(27,18(20,21)22)19(23,24)25/h11-14,27H,4-10H2,1-3H3. The maximum Gasteiger partial charge on any atom is 0.426 e. The number of fused-ring (bicyclic) bond motifs is 1. The summed E-state index contributed by atoms with van der Waals surface area (Å²) in [6.45, 7) is 5.17. The lowest BCUT2D eigenvalue weighted by Crippen LogP contribution is -2.65. The number of halogens is 6. The summed E-state index contributed by atoms with van der Waals surface area (Å²) in [7, 11) is 0. The molecule has 0 aromatic carbocycles. The van der Waals surface area contributed by atoms with Gasteiger partial charge >= 0.3 is 18.3 Å². The van der Waals surface area contributed by atoms with Gasteiger partial charge in [-0.3, -0.25) is 4.79 Å². The van der Waals surface area contributed by atoms with E-state index in [0.29, 0.717) is 25.7 Å². The molecule has 2 saturated carbocycles. The highest BCUT2D eigenvalue weighted by Gasteiger charge is 2.75. The highest BCUT2D eigenvalue weighted by atomic mass is 19.4. The fraction of sp³-hybridized carbons (Fsp3) is 0.947. The molecule has 4 unspecified atom stereocenters. The van der Waals surface area contributed by atoms with Crippen LogP contribution in [0.4, 0.5) is 26.3 Å². The minimum atomic E-state index is -5.83. The number of carbonyl (C=O) groups is 1. The van der Waals surface area contributed by atoms with Crippen LogP contribution in [0.3, 0.4) is 0 Å². The van der Waals surface area contributed by atoms with E-state index in [9.17, 15) is 36.2 Å². The van der Waals surface area contributed by atoms with E-state index in [1.165, 1.54) is 0 Å². The van der Waals surface area contributed by atoms with Crippen LogP contribution in [0.5, 0.6) is 0 Å². The van der Waals surface area contributed by atoms with Crippen LogP contribution in [0.25, 0.3) is 0 Å². The molecule has 0 aliphatic heterocycles. The second kappa shape index (κ2) is 7.69. The largest absolute Gasteiger partial charge is 0.462 e. The monoisotopic (exact) mass is 418 g/mol. The minimum Gasteiger partial charge on any atom is -0.462 e. The van der Waals surface area contributed by atoms with Gasteiger partial charge in [-0.15, -0.1) is 0 Å². The number of ether oxygens (including phenoxy) is 1. The van der Waals surface area contributed by atoms with E-state index >= 15 is 0 Å². The van der Waals surface area contributed by atoms with Crippen molar-refractivity contribution < 1.29 is 41.0 Å². The van der Waals surface area contributed by atoms with Gasteiger partial charge in [0.15, 0.2) is 0 Å². The maximum atomic E-state index is 13.4. The topological polar surface area (TPSA) is 46.5 Å². The first-order valence-corrected chi connectivity index (χ1v) is 9.73. The molecule has 0 bridgehead atoms. The Morgan fingerprint density at radius 1 is 0.929 bits per heavy atom. The Bertz CT molecular complexity index is 555. The lowest BCUT2D eigenvalue weighted by molar-refractivity contribution is -0.394. The Labute approximate surface area is 160 Å². The van der Waals surface area contributed by atoms with Crippen molar-refractivity contribution in [2.45, 2.75) is 89.8 Å². The molecule has 0 amide bonds. The molecule has 2 fully saturated rings. The van der Waals surface area contributed by atoms with Gasteiger partial charge in [-0.25, -0.2) is 0 Å². The molecule has 1 N–H and O–H groups in total. The first-order chi connectivity index (χ1) is 12.7. The maximum absolute atomic E-state index is 13.4. The number of esters is 1. The minimum absolute atomic E-state index is 0.117. The van der Waals surface area contributed by atoms with Gasteiger partial charge in [-0.1, -0.05) is 13.3 Å². The molecule has 0 saturated heterocycles. The third kappa shape index (κ3) is 4.00. The molecule has 2 aliphatic carbocycles. The van der Waals surface area contributed by atoms with Gasteiger partial charge in [0.05, 0.1) is 5.41 Å². The number of hydrogen-bond donors (Lipinski definition) is 1. The fourth-order valence-corrected chi connectivity index (χ4v) is 4.63. The molecule has 0 heterocycles. The van der Waals surface area contributed by atoms with Gasteiger partial charge in [0.1, 0.15) is 6.10 Å². The zero-order valence-electron chi connectivity index (χ0n) is 16.3. The molecule has 0 radical (unpaired) electrons. The van der Waals surface area contributed by atoms with E-state index in [-0.39, 0.29) is 19.3 Å². The summed E-state index contributed by atoms with van der Waals surface area (Å²) >= 11 is 0. The van der Waals surface area contributed by atoms with Crippen molar-refractivity contribution in [2.75, 3.05) is 0 Å². The van der Waals surface area contributed by atoms with Gasteiger partial charge in [0.2, 0.25) is 0 Å². The molecule has 3 nitrogen and oxygen atoms in total. The Morgan fingerprint density at radius 2 is 1.43 bits per heavy atom. The van der Waals surface area contributed by atoms with Crippen molar-refractivity contribution in [3.8, 4) is 0 Å². The summed E-state index contributed by atoms with van der Waals surface area (Å²) in [5.74, 6) is -4.10. The van der Waals surface area contributed by atoms with E-state index in [2.05, 4.69) is 0 Å². The van der Waals surface area contributed by atoms with Crippen LogP contribution < -0.4 is 0 Å². The normalized spacial score (nSPS) is 29.9. The summed E-state index contributed by atoms with van der Waals surface area (Å²) in [5, 5.41) is 9.93. The van der Waals surface area contributed by atoms with Crippen LogP contribution in [0.2, 0.25) is 0 Å². The predicted molar refractivity (Wildman–Crippen MR) is 89.2 cm³/mol. The average Bonchev–Trinajstić information content (AvgIpc) is 2.58. The van der Waals surface area contributed by atoms with Crippen LogP contribution in [0.1, 0.15) is 65.7 Å². The van der Waals surface area contributed by atoms with Crippen molar-refractivity contribution in [2.24, 2.45) is 23.2 Å². The van der Waals surface area contributed by atoms with E-state index in [1.54, 1.807) is 20.8 Å². The summed E-state index contributed by atoms with van der Waals surface area (Å²) in [6, 6.07) is 0. The SMILES string of the molecule is CCC(C)(C)C(=O)OC1CCCC2C1CCCC2C(O)(C(F)(F)F)C(F)(F)F. The van der Waals surface area contributed by atoms with Gasteiger partial charge < -0.3 is 9.84 Å². The molecular weight excluding hydrogens is 390 g/mol. The summed E-state index contributed by atoms with van der Waals surface area (Å²) in [5.41, 5.74) is -5.53. The summed E-state index contributed by atoms with van der Waals surface area (Å²) in [6.07, 6.45) is -10.8. The number of rotatable bonds is 4. The highest BCUT2D eigenvalue weighted by Crippen LogP contribution is 2.57. The van der Waals surface area contributed by atoms with E-state index in [4.69, 9.17) is 4.74 Å². The predicted octanol–water partition coefficient (Wildman–Crippen LogP) is 5.41. The number of carbonyl (C=O) groups excluding carboxylic acids is 1. The second-order valence-electron chi connectivity index (χ2n) is 8.74. The van der Waals surface area contributed by atoms with Crippen molar-refractivity contribution in [3.05, 3.63) is 0 Å². The van der Waals surface area contributed by atoms with Crippen molar-refractivity contribution in [1.29, 1.82) is 0 Å². The van der Waals surface area contributed by atoms with Gasteiger partial charge in [-0.2, -0.15) is 26.3 Å². The number of hydrogen-bond acceptors (Lipinski definition) is 3. The van der Waals surface area contributed by atoms with Gasteiger partial charge in [-0.05, 0) is 64.2 Å². The molecule has 0 aromatic rings. The highest BCUT2D eigenvalue weighted by molar-refractivity contribution is 5.76. The summed E-state index contributed by atoms with van der Waals surface area (Å²) in [4.78, 5) is 12.4. The molecule has 164 valence electrons. The first kappa shape index (κ1) is 23.3. The van der Waals surface area contributed by atoms with Crippen LogP contribution in [-0.4, -0.2) is 35.1 Å². The lowest BCUT2D eigenvalue weighted by Gasteiger charge is -2.50. The Hall–Kier alpha value is -0.990. The molecular formula is C19H28F6O3. The van der Waals surface area contributed by atoms with E-state index in [1.807, 2.05) is 0 Å². The number of alkyl halides is 6. The van der Waals surface area contributed by atoms with Crippen LogP contribution in [0.15, 0.2) is 0 Å². The molecule has 28 heavy (non-hydrogen) atoms. The van der Waals surface area contributed by atoms with Crippen LogP contribution >= 0.6 is 0 Å². The third-order valence-electron chi connectivity index (χ3n) is 6.72.